The van der Waals surface area contributed by atoms with Crippen LogP contribution in [0.15, 0.2) is 54.6 Å². The second kappa shape index (κ2) is 9.40. The third-order valence-electron chi connectivity index (χ3n) is 4.97. The summed E-state index contributed by atoms with van der Waals surface area (Å²) in [5, 5.41) is 11.0. The number of sulfonamides is 1. The molecule has 0 fully saturated rings. The van der Waals surface area contributed by atoms with Gasteiger partial charge in [-0.05, 0) is 37.3 Å². The van der Waals surface area contributed by atoms with Gasteiger partial charge in [-0.3, -0.25) is 19.2 Å². The van der Waals surface area contributed by atoms with Gasteiger partial charge in [-0.1, -0.05) is 24.3 Å². The number of hydrogen-bond acceptors (Lipinski definition) is 7. The van der Waals surface area contributed by atoms with Crippen LogP contribution in [0.3, 0.4) is 0 Å². The Balaban J connectivity index is 1.93. The molecule has 3 aromatic rings. The van der Waals surface area contributed by atoms with Crippen LogP contribution in [0.1, 0.15) is 24.2 Å². The Bertz CT molecular complexity index is 1390. The summed E-state index contributed by atoms with van der Waals surface area (Å²) in [5.74, 6) is -2.50. The number of amides is 2. The van der Waals surface area contributed by atoms with Crippen molar-refractivity contribution in [2.75, 3.05) is 15.9 Å². The van der Waals surface area contributed by atoms with Crippen LogP contribution >= 0.6 is 0 Å². The first kappa shape index (κ1) is 24.5. The minimum Gasteiger partial charge on any atom is -0.506 e. The van der Waals surface area contributed by atoms with Crippen LogP contribution in [-0.2, 0) is 19.6 Å². The van der Waals surface area contributed by atoms with Gasteiger partial charge in [0.05, 0.1) is 11.8 Å². The van der Waals surface area contributed by atoms with Crippen molar-refractivity contribution in [3.63, 3.8) is 0 Å². The molecule has 0 aliphatic rings. The molecule has 0 bridgehead atoms. The Hall–Kier alpha value is -4.12. The quantitative estimate of drug-likeness (QED) is 0.342. The third-order valence-corrected chi connectivity index (χ3v) is 5.58. The van der Waals surface area contributed by atoms with E-state index in [-0.39, 0.29) is 22.4 Å². The molecule has 0 spiro atoms. The van der Waals surface area contributed by atoms with Crippen LogP contribution in [0, 0.1) is 0 Å². The van der Waals surface area contributed by atoms with Crippen LogP contribution in [-0.4, -0.2) is 43.6 Å². The van der Waals surface area contributed by atoms with Crippen molar-refractivity contribution < 1.29 is 32.6 Å². The summed E-state index contributed by atoms with van der Waals surface area (Å²) in [6.45, 7) is 2.73. The second-order valence-electron chi connectivity index (χ2n) is 7.59. The molecule has 178 valence electrons. The zero-order valence-electron chi connectivity index (χ0n) is 18.6. The lowest BCUT2D eigenvalue weighted by Crippen LogP contribution is -2.44. The van der Waals surface area contributed by atoms with Crippen molar-refractivity contribution in [2.45, 2.75) is 19.9 Å². The molecule has 0 aliphatic carbocycles. The van der Waals surface area contributed by atoms with Crippen molar-refractivity contribution in [3.8, 4) is 11.5 Å². The van der Waals surface area contributed by atoms with Crippen molar-refractivity contribution in [1.82, 2.24) is 0 Å². The van der Waals surface area contributed by atoms with E-state index in [0.717, 1.165) is 6.26 Å². The largest absolute Gasteiger partial charge is 0.506 e. The number of rotatable bonds is 7. The van der Waals surface area contributed by atoms with Crippen LogP contribution < -0.4 is 20.1 Å². The summed E-state index contributed by atoms with van der Waals surface area (Å²) in [7, 11) is -3.48. The second-order valence-corrected chi connectivity index (χ2v) is 9.34. The smallest absolute Gasteiger partial charge is 0.334 e. The number of fused-ring (bicyclic) bond motifs is 1. The van der Waals surface area contributed by atoms with E-state index in [1.807, 2.05) is 0 Å². The van der Waals surface area contributed by atoms with Gasteiger partial charge in [0.25, 0.3) is 5.91 Å². The highest BCUT2D eigenvalue weighted by Crippen LogP contribution is 2.36. The lowest BCUT2D eigenvalue weighted by atomic mass is 10.0. The van der Waals surface area contributed by atoms with Crippen molar-refractivity contribution >= 4 is 50.0 Å². The number of nitrogens with zero attached hydrogens (tertiary/aromatic N) is 1. The number of aromatic hydroxyl groups is 1. The van der Waals surface area contributed by atoms with E-state index in [4.69, 9.17) is 10.5 Å². The zero-order valence-corrected chi connectivity index (χ0v) is 19.4. The number of hydrogen-bond donors (Lipinski definition) is 3. The Morgan fingerprint density at radius 3 is 2.18 bits per heavy atom. The van der Waals surface area contributed by atoms with Gasteiger partial charge in [-0.15, -0.1) is 0 Å². The van der Waals surface area contributed by atoms with E-state index in [0.29, 0.717) is 16.8 Å². The molecule has 3 aromatic carbocycles. The number of phenols is 1. The Morgan fingerprint density at radius 2 is 1.65 bits per heavy atom. The first-order chi connectivity index (χ1) is 15.9. The maximum absolute atomic E-state index is 13.0. The fourth-order valence-corrected chi connectivity index (χ4v) is 4.04. The standard InChI is InChI=1S/C23H23N3O7S/c1-13(26(14(2)27)16-10-8-15(9-11-16)25-34(3,31)32)23(30)33-20-12-19(22(24)29)21(28)18-7-5-4-6-17(18)20/h4-13,25,28H,1-3H3,(H2,24,29). The normalized spacial score (nSPS) is 12.1. The van der Waals surface area contributed by atoms with Crippen molar-refractivity contribution in [1.29, 1.82) is 0 Å². The fraction of sp³-hybridized carbons (Fsp3) is 0.174. The molecule has 0 radical (unpaired) electrons. The Labute approximate surface area is 196 Å². The van der Waals surface area contributed by atoms with Crippen molar-refractivity contribution in [2.24, 2.45) is 5.73 Å². The molecule has 11 heteroatoms. The average Bonchev–Trinajstić information content (AvgIpc) is 2.75. The van der Waals surface area contributed by atoms with Crippen LogP contribution in [0.4, 0.5) is 11.4 Å². The molecular weight excluding hydrogens is 462 g/mol. The average molecular weight is 486 g/mol. The summed E-state index contributed by atoms with van der Waals surface area (Å²) in [6.07, 6.45) is 1.01. The predicted octanol–water partition coefficient (Wildman–Crippen LogP) is 2.36. The number of nitrogens with one attached hydrogen (secondary N) is 1. The van der Waals surface area contributed by atoms with Gasteiger partial charge in [0.15, 0.2) is 0 Å². The van der Waals surface area contributed by atoms with E-state index in [1.165, 1.54) is 49.1 Å². The molecule has 10 nitrogen and oxygen atoms in total. The minimum atomic E-state index is -3.48. The molecule has 0 aliphatic heterocycles. The molecule has 4 N–H and O–H groups in total. The number of primary amides is 1. The van der Waals surface area contributed by atoms with Gasteiger partial charge in [-0.2, -0.15) is 0 Å². The third kappa shape index (κ3) is 5.26. The molecule has 0 saturated heterocycles. The monoisotopic (exact) mass is 485 g/mol. The van der Waals surface area contributed by atoms with Crippen LogP contribution in [0.2, 0.25) is 0 Å². The first-order valence-electron chi connectivity index (χ1n) is 10.0. The van der Waals surface area contributed by atoms with Crippen LogP contribution in [0.5, 0.6) is 11.5 Å². The summed E-state index contributed by atoms with van der Waals surface area (Å²) >= 11 is 0. The highest BCUT2D eigenvalue weighted by molar-refractivity contribution is 7.92. The number of anilines is 2. The molecule has 2 amide bonds. The van der Waals surface area contributed by atoms with Gasteiger partial charge in [0.1, 0.15) is 17.5 Å². The van der Waals surface area contributed by atoms with Crippen LogP contribution in [0.25, 0.3) is 10.8 Å². The van der Waals surface area contributed by atoms with Gasteiger partial charge >= 0.3 is 5.97 Å². The first-order valence-corrected chi connectivity index (χ1v) is 11.9. The maximum atomic E-state index is 13.0. The predicted molar refractivity (Wildman–Crippen MR) is 127 cm³/mol. The molecule has 3 rings (SSSR count). The highest BCUT2D eigenvalue weighted by atomic mass is 32.2. The van der Waals surface area contributed by atoms with E-state index in [1.54, 1.807) is 24.3 Å². The highest BCUT2D eigenvalue weighted by Gasteiger charge is 2.28. The molecule has 0 saturated carbocycles. The number of carbonyl (C=O) groups is 3. The SMILES string of the molecule is CC(=O)N(c1ccc(NS(C)(=O)=O)cc1)C(C)C(=O)Oc1cc(C(N)=O)c(O)c2ccccc12. The summed E-state index contributed by atoms with van der Waals surface area (Å²) in [6, 6.07) is 12.4. The summed E-state index contributed by atoms with van der Waals surface area (Å²) < 4.78 is 30.6. The van der Waals surface area contributed by atoms with Gasteiger partial charge in [-0.25, -0.2) is 13.2 Å². The van der Waals surface area contributed by atoms with E-state index in [9.17, 15) is 27.9 Å². The summed E-state index contributed by atoms with van der Waals surface area (Å²) in [5.41, 5.74) is 5.76. The number of carbonyl (C=O) groups excluding carboxylic acids is 3. The molecule has 0 aromatic heterocycles. The molecule has 1 atom stereocenters. The fourth-order valence-electron chi connectivity index (χ4n) is 3.48. The molecule has 1 unspecified atom stereocenters. The lowest BCUT2D eigenvalue weighted by Gasteiger charge is -2.27. The van der Waals surface area contributed by atoms with E-state index in [2.05, 4.69) is 4.72 Å². The topological polar surface area (TPSA) is 156 Å². The van der Waals surface area contributed by atoms with Gasteiger partial charge in [0.2, 0.25) is 15.9 Å². The molecule has 0 heterocycles. The van der Waals surface area contributed by atoms with Gasteiger partial charge < -0.3 is 15.6 Å². The number of esters is 1. The number of nitrogens with two attached hydrogens (primary N) is 1. The molecule has 34 heavy (non-hydrogen) atoms. The summed E-state index contributed by atoms with van der Waals surface area (Å²) in [4.78, 5) is 38.3. The van der Waals surface area contributed by atoms with E-state index < -0.39 is 33.8 Å². The number of benzene rings is 3. The van der Waals surface area contributed by atoms with Gasteiger partial charge in [0, 0.05) is 29.1 Å². The molecular formula is C23H23N3O7S. The zero-order chi connectivity index (χ0) is 25.2. The van der Waals surface area contributed by atoms with Crippen molar-refractivity contribution in [3.05, 3.63) is 60.2 Å². The Morgan fingerprint density at radius 1 is 1.06 bits per heavy atom. The van der Waals surface area contributed by atoms with E-state index >= 15 is 0 Å². The number of ether oxygens (including phenoxy) is 1. The lowest BCUT2D eigenvalue weighted by molar-refractivity contribution is -0.136. The Kier molecular flexibility index (Phi) is 6.78. The minimum absolute atomic E-state index is 0.00440. The maximum Gasteiger partial charge on any atom is 0.334 e.